The average molecular weight is 1010 g/mol. The number of ether oxygens (including phenoxy) is 4. The topological polar surface area (TPSA) is 248 Å². The highest BCUT2D eigenvalue weighted by Gasteiger charge is 2.52. The second-order valence-corrected chi connectivity index (χ2v) is 21.3. The summed E-state index contributed by atoms with van der Waals surface area (Å²) in [7, 11) is 0. The summed E-state index contributed by atoms with van der Waals surface area (Å²) in [5.74, 6) is 0.0486. The lowest BCUT2D eigenvalue weighted by atomic mass is 9.97. The number of carbonyl (C=O) groups is 1. The first kappa shape index (κ1) is 65.1. The number of aliphatic hydroxyl groups is 9. The number of nitrogens with one attached hydrogen (secondary N) is 1. The van der Waals surface area contributed by atoms with E-state index in [0.717, 1.165) is 50.9 Å². The van der Waals surface area contributed by atoms with E-state index < -0.39 is 105 Å². The maximum atomic E-state index is 13.4. The van der Waals surface area contributed by atoms with Crippen LogP contribution in [0.15, 0.2) is 0 Å². The van der Waals surface area contributed by atoms with Gasteiger partial charge in [-0.25, -0.2) is 0 Å². The number of unbranched alkanes of at least 4 members (excludes halogenated alkanes) is 27. The van der Waals surface area contributed by atoms with Gasteiger partial charge < -0.3 is 70.2 Å². The maximum absolute atomic E-state index is 13.4. The molecule has 70 heavy (non-hydrogen) atoms. The van der Waals surface area contributed by atoms with Crippen molar-refractivity contribution in [3.8, 4) is 0 Å². The Labute approximate surface area is 424 Å². The lowest BCUT2D eigenvalue weighted by molar-refractivity contribution is -0.332. The molecule has 10 N–H and O–H groups in total. The summed E-state index contributed by atoms with van der Waals surface area (Å²) in [6, 6.07) is -1.26. The number of carbonyl (C=O) groups excluding carboxylic acids is 1. The van der Waals surface area contributed by atoms with Gasteiger partial charge in [0.15, 0.2) is 12.6 Å². The van der Waals surface area contributed by atoms with Crippen LogP contribution >= 0.6 is 0 Å². The van der Waals surface area contributed by atoms with E-state index in [1.165, 1.54) is 148 Å². The highest BCUT2D eigenvalue weighted by Crippen LogP contribution is 2.31. The molecule has 0 radical (unpaired) electrons. The van der Waals surface area contributed by atoms with Crippen molar-refractivity contribution in [2.75, 3.05) is 13.2 Å². The van der Waals surface area contributed by atoms with Gasteiger partial charge in [0, 0.05) is 0 Å². The second kappa shape index (κ2) is 40.3. The normalized spacial score (nSPS) is 26.5. The van der Waals surface area contributed by atoms with Gasteiger partial charge in [-0.2, -0.15) is 0 Å². The van der Waals surface area contributed by atoms with Crippen LogP contribution in [0.1, 0.15) is 240 Å². The Kier molecular flexibility index (Phi) is 37.4. The molecule has 2 heterocycles. The van der Waals surface area contributed by atoms with Gasteiger partial charge in [0.1, 0.15) is 54.9 Å². The molecule has 0 aliphatic carbocycles. The van der Waals surface area contributed by atoms with Gasteiger partial charge in [0.2, 0.25) is 5.91 Å². The molecule has 0 bridgehead atoms. The summed E-state index contributed by atoms with van der Waals surface area (Å²) in [6.07, 6.45) is 18.6. The third kappa shape index (κ3) is 26.9. The van der Waals surface area contributed by atoms with Gasteiger partial charge in [-0.3, -0.25) is 4.79 Å². The van der Waals surface area contributed by atoms with Crippen LogP contribution < -0.4 is 5.32 Å². The summed E-state index contributed by atoms with van der Waals surface area (Å²) >= 11 is 0. The Hall–Kier alpha value is -1.05. The Morgan fingerprint density at radius 2 is 0.986 bits per heavy atom. The second-order valence-electron chi connectivity index (χ2n) is 21.3. The monoisotopic (exact) mass is 1010 g/mol. The predicted octanol–water partition coefficient (Wildman–Crippen LogP) is 7.77. The zero-order chi connectivity index (χ0) is 51.5. The third-order valence-corrected chi connectivity index (χ3v) is 14.9. The van der Waals surface area contributed by atoms with E-state index in [4.69, 9.17) is 18.9 Å². The molecule has 15 atom stereocenters. The Morgan fingerprint density at radius 3 is 1.41 bits per heavy atom. The molecule has 15 nitrogen and oxygen atoms in total. The van der Waals surface area contributed by atoms with E-state index >= 15 is 0 Å². The minimum absolute atomic E-state index is 0.217. The van der Waals surface area contributed by atoms with Crippen molar-refractivity contribution < 1.29 is 69.7 Å². The standard InChI is InChI=1S/C55H107NO14/c1-5-7-8-9-10-11-12-13-14-15-16-17-18-19-20-21-24-28-31-34-37-44(60)53(66)56-42(46(61)43(59)36-33-30-27-25-22-23-26-29-32-35-40(3)6-2)39-67-54-50(65)52(47(62)45(38-57)68-54)70-55-49(64)48(63)51(69-55)41(4)58/h40-52,54-55,57-65H,5-39H2,1-4H3,(H,56,66)/t40?,41-,42-,43+,44+,45+,46-,47+,48-,49-,50+,51+,52-,54+,55-/m0/s1. The SMILES string of the molecule is CCCCCCCCCCCCCCCCCCCCCC[C@@H](O)C(=O)N[C@@H](CO[C@@H]1O[C@H](CO)[C@@H](O)[C@H](O[C@@H]2O[C@H]([C@H](C)O)[C@@H](O)[C@@H]2O)[C@H]1O)[C@H](O)[C@H](O)CCCCCCCCCCCC(C)CC. The van der Waals surface area contributed by atoms with Gasteiger partial charge in [0.05, 0.1) is 31.5 Å². The van der Waals surface area contributed by atoms with Crippen LogP contribution in [-0.4, -0.2) is 151 Å². The van der Waals surface area contributed by atoms with E-state index in [-0.39, 0.29) is 12.8 Å². The lowest BCUT2D eigenvalue weighted by Gasteiger charge is -2.43. The molecule has 1 unspecified atom stereocenters. The minimum atomic E-state index is -1.77. The largest absolute Gasteiger partial charge is 0.394 e. The summed E-state index contributed by atoms with van der Waals surface area (Å²) in [4.78, 5) is 13.4. The molecular formula is C55H107NO14. The van der Waals surface area contributed by atoms with Crippen molar-refractivity contribution in [3.63, 3.8) is 0 Å². The molecule has 0 spiro atoms. The molecule has 0 saturated carbocycles. The molecule has 2 saturated heterocycles. The van der Waals surface area contributed by atoms with Crippen LogP contribution in [0.4, 0.5) is 0 Å². The highest BCUT2D eigenvalue weighted by atomic mass is 16.7. The summed E-state index contributed by atoms with van der Waals surface area (Å²) in [5, 5.41) is 99.3. The number of hydrogen-bond acceptors (Lipinski definition) is 14. The van der Waals surface area contributed by atoms with Crippen LogP contribution in [0.25, 0.3) is 0 Å². The number of hydrogen-bond donors (Lipinski definition) is 10. The van der Waals surface area contributed by atoms with Gasteiger partial charge in [-0.1, -0.05) is 220 Å². The quantitative estimate of drug-likeness (QED) is 0.0262. The van der Waals surface area contributed by atoms with Crippen LogP contribution in [0.5, 0.6) is 0 Å². The zero-order valence-electron chi connectivity index (χ0n) is 44.5. The van der Waals surface area contributed by atoms with Crippen LogP contribution in [0.3, 0.4) is 0 Å². The van der Waals surface area contributed by atoms with Crippen molar-refractivity contribution in [2.45, 2.75) is 325 Å². The van der Waals surface area contributed by atoms with Crippen LogP contribution in [0.2, 0.25) is 0 Å². The minimum Gasteiger partial charge on any atom is -0.394 e. The Bertz CT molecular complexity index is 1240. The van der Waals surface area contributed by atoms with Gasteiger partial charge >= 0.3 is 0 Å². The molecule has 2 fully saturated rings. The van der Waals surface area contributed by atoms with Gasteiger partial charge in [-0.05, 0) is 25.7 Å². The van der Waals surface area contributed by atoms with E-state index in [9.17, 15) is 50.8 Å². The molecule has 0 aromatic carbocycles. The lowest BCUT2D eigenvalue weighted by Crippen LogP contribution is -2.62. The van der Waals surface area contributed by atoms with E-state index in [0.29, 0.717) is 12.8 Å². The fourth-order valence-corrected chi connectivity index (χ4v) is 9.84. The van der Waals surface area contributed by atoms with Crippen molar-refractivity contribution >= 4 is 5.91 Å². The zero-order valence-corrected chi connectivity index (χ0v) is 44.5. The molecule has 0 aromatic rings. The number of aliphatic hydroxyl groups excluding tert-OH is 9. The first-order valence-electron chi connectivity index (χ1n) is 28.7. The van der Waals surface area contributed by atoms with E-state index in [2.05, 4.69) is 26.1 Å². The molecule has 15 heteroatoms. The first-order valence-corrected chi connectivity index (χ1v) is 28.7. The molecule has 2 rings (SSSR count). The third-order valence-electron chi connectivity index (χ3n) is 14.9. The van der Waals surface area contributed by atoms with Gasteiger partial charge in [0.25, 0.3) is 0 Å². The molecule has 416 valence electrons. The highest BCUT2D eigenvalue weighted by molar-refractivity contribution is 5.80. The molecule has 2 aliphatic heterocycles. The van der Waals surface area contributed by atoms with E-state index in [1.54, 1.807) is 0 Å². The predicted molar refractivity (Wildman–Crippen MR) is 274 cm³/mol. The summed E-state index contributed by atoms with van der Waals surface area (Å²) in [6.45, 7) is 6.93. The van der Waals surface area contributed by atoms with Crippen LogP contribution in [0, 0.1) is 5.92 Å². The number of amides is 1. The molecule has 1 amide bonds. The Morgan fingerprint density at radius 1 is 0.543 bits per heavy atom. The van der Waals surface area contributed by atoms with Crippen LogP contribution in [-0.2, 0) is 23.7 Å². The van der Waals surface area contributed by atoms with Crippen molar-refractivity contribution in [3.05, 3.63) is 0 Å². The summed E-state index contributed by atoms with van der Waals surface area (Å²) < 4.78 is 22.7. The summed E-state index contributed by atoms with van der Waals surface area (Å²) in [5.41, 5.74) is 0. The van der Waals surface area contributed by atoms with Crippen molar-refractivity contribution in [2.24, 2.45) is 5.92 Å². The first-order chi connectivity index (χ1) is 33.8. The molecule has 2 aliphatic rings. The molecular weight excluding hydrogens is 899 g/mol. The Balaban J connectivity index is 1.84. The fourth-order valence-electron chi connectivity index (χ4n) is 9.84. The average Bonchev–Trinajstić information content (AvgIpc) is 3.63. The number of rotatable bonds is 45. The van der Waals surface area contributed by atoms with Gasteiger partial charge in [-0.15, -0.1) is 0 Å². The molecule has 0 aromatic heterocycles. The van der Waals surface area contributed by atoms with Crippen molar-refractivity contribution in [1.82, 2.24) is 5.32 Å². The van der Waals surface area contributed by atoms with Crippen molar-refractivity contribution in [1.29, 1.82) is 0 Å². The maximum Gasteiger partial charge on any atom is 0.249 e. The fraction of sp³-hybridized carbons (Fsp3) is 0.982. The smallest absolute Gasteiger partial charge is 0.249 e. The van der Waals surface area contributed by atoms with E-state index in [1.807, 2.05) is 0 Å².